The summed E-state index contributed by atoms with van der Waals surface area (Å²) >= 11 is 6.02. The normalized spacial score (nSPS) is 12.5. The molecule has 0 saturated heterocycles. The Hall–Kier alpha value is -2.46. The molecule has 2 amide bonds. The summed E-state index contributed by atoms with van der Waals surface area (Å²) in [6.07, 6.45) is 2.05. The van der Waals surface area contributed by atoms with Crippen LogP contribution >= 0.6 is 11.6 Å². The molecule has 0 fully saturated rings. The zero-order valence-electron chi connectivity index (χ0n) is 21.3. The molecule has 2 aromatic carbocycles. The van der Waals surface area contributed by atoms with Crippen molar-refractivity contribution in [1.29, 1.82) is 0 Å². The van der Waals surface area contributed by atoms with Crippen molar-refractivity contribution in [1.82, 2.24) is 14.5 Å². The van der Waals surface area contributed by atoms with Crippen LogP contribution in [-0.4, -0.2) is 74.6 Å². The third-order valence-electron chi connectivity index (χ3n) is 5.53. The number of amides is 2. The van der Waals surface area contributed by atoms with Gasteiger partial charge < -0.3 is 15.0 Å². The Morgan fingerprint density at radius 2 is 1.67 bits per heavy atom. The van der Waals surface area contributed by atoms with E-state index in [9.17, 15) is 18.0 Å². The second-order valence-corrected chi connectivity index (χ2v) is 11.5. The van der Waals surface area contributed by atoms with E-state index in [1.54, 1.807) is 24.3 Å². The molecule has 8 nitrogen and oxygen atoms in total. The van der Waals surface area contributed by atoms with E-state index < -0.39 is 22.0 Å². The van der Waals surface area contributed by atoms with Gasteiger partial charge >= 0.3 is 0 Å². The van der Waals surface area contributed by atoms with Crippen LogP contribution in [0, 0.1) is 0 Å². The average molecular weight is 538 g/mol. The molecule has 1 atom stereocenters. The van der Waals surface area contributed by atoms with Crippen molar-refractivity contribution in [2.75, 3.05) is 33.0 Å². The SMILES string of the molecule is CC(C)OCCCNC(=O)[C@H](Cc1ccccc1)N(Cc1ccc(Cl)cc1)C(=O)CN(C)S(C)(=O)=O. The summed E-state index contributed by atoms with van der Waals surface area (Å²) in [5.41, 5.74) is 1.65. The van der Waals surface area contributed by atoms with Gasteiger partial charge in [0.15, 0.2) is 0 Å². The number of ether oxygens (including phenoxy) is 1. The van der Waals surface area contributed by atoms with E-state index in [0.29, 0.717) is 24.6 Å². The van der Waals surface area contributed by atoms with Crippen LogP contribution in [0.3, 0.4) is 0 Å². The Morgan fingerprint density at radius 1 is 1.03 bits per heavy atom. The van der Waals surface area contributed by atoms with E-state index in [4.69, 9.17) is 16.3 Å². The standard InChI is InChI=1S/C26H36ClN3O5S/c1-20(2)35-16-8-15-28-26(32)24(17-21-9-6-5-7-10-21)30(18-22-11-13-23(27)14-12-22)25(31)19-29(3)36(4,33)34/h5-7,9-14,20,24H,8,15-19H2,1-4H3,(H,28,32)/t24-/m0/s1. The summed E-state index contributed by atoms with van der Waals surface area (Å²) in [5, 5.41) is 3.48. The maximum Gasteiger partial charge on any atom is 0.243 e. The number of hydrogen-bond donors (Lipinski definition) is 1. The minimum Gasteiger partial charge on any atom is -0.379 e. The molecule has 10 heteroatoms. The molecule has 36 heavy (non-hydrogen) atoms. The number of rotatable bonds is 14. The molecule has 0 unspecified atom stereocenters. The molecule has 0 bridgehead atoms. The van der Waals surface area contributed by atoms with Gasteiger partial charge in [-0.05, 0) is 43.5 Å². The van der Waals surface area contributed by atoms with E-state index in [1.165, 1.54) is 11.9 Å². The molecule has 0 heterocycles. The number of sulfonamides is 1. The topological polar surface area (TPSA) is 96.0 Å². The molecule has 1 N–H and O–H groups in total. The first-order valence-electron chi connectivity index (χ1n) is 11.9. The smallest absolute Gasteiger partial charge is 0.243 e. The highest BCUT2D eigenvalue weighted by molar-refractivity contribution is 7.88. The third kappa shape index (κ3) is 10.3. The number of carbonyl (C=O) groups is 2. The van der Waals surface area contributed by atoms with Gasteiger partial charge in [-0.2, -0.15) is 4.31 Å². The second-order valence-electron chi connectivity index (χ2n) is 8.94. The van der Waals surface area contributed by atoms with Crippen LogP contribution in [0.4, 0.5) is 0 Å². The monoisotopic (exact) mass is 537 g/mol. The number of carbonyl (C=O) groups excluding carboxylic acids is 2. The van der Waals surface area contributed by atoms with Crippen LogP contribution < -0.4 is 5.32 Å². The molecule has 2 aromatic rings. The van der Waals surface area contributed by atoms with Crippen LogP contribution in [0.2, 0.25) is 5.02 Å². The third-order valence-corrected chi connectivity index (χ3v) is 7.05. The molecule has 2 rings (SSSR count). The quantitative estimate of drug-likeness (QED) is 0.374. The minimum absolute atomic E-state index is 0.103. The summed E-state index contributed by atoms with van der Waals surface area (Å²) < 4.78 is 30.5. The molecule has 0 aliphatic carbocycles. The molecule has 0 aliphatic rings. The number of benzene rings is 2. The van der Waals surface area contributed by atoms with E-state index in [1.807, 2.05) is 44.2 Å². The minimum atomic E-state index is -3.59. The first-order chi connectivity index (χ1) is 17.0. The fraction of sp³-hybridized carbons (Fsp3) is 0.462. The molecule has 0 saturated carbocycles. The summed E-state index contributed by atoms with van der Waals surface area (Å²) in [5.74, 6) is -0.787. The van der Waals surface area contributed by atoms with Crippen molar-refractivity contribution >= 4 is 33.4 Å². The summed E-state index contributed by atoms with van der Waals surface area (Å²) in [6.45, 7) is 4.53. The van der Waals surface area contributed by atoms with Gasteiger partial charge in [0.2, 0.25) is 21.8 Å². The number of nitrogens with one attached hydrogen (secondary N) is 1. The predicted octanol–water partition coefficient (Wildman–Crippen LogP) is 3.10. The van der Waals surface area contributed by atoms with Crippen molar-refractivity contribution < 1.29 is 22.7 Å². The van der Waals surface area contributed by atoms with Gasteiger partial charge in [0, 0.05) is 38.2 Å². The zero-order chi connectivity index (χ0) is 26.7. The molecule has 0 aliphatic heterocycles. The lowest BCUT2D eigenvalue weighted by Gasteiger charge is -2.32. The maximum atomic E-state index is 13.5. The van der Waals surface area contributed by atoms with E-state index >= 15 is 0 Å². The van der Waals surface area contributed by atoms with Gasteiger partial charge in [0.05, 0.1) is 18.9 Å². The van der Waals surface area contributed by atoms with Gasteiger partial charge in [-0.25, -0.2) is 8.42 Å². The lowest BCUT2D eigenvalue weighted by atomic mass is 10.0. The molecular formula is C26H36ClN3O5S. The summed E-state index contributed by atoms with van der Waals surface area (Å²) in [6, 6.07) is 15.5. The molecule has 0 spiro atoms. The highest BCUT2D eigenvalue weighted by Crippen LogP contribution is 2.17. The molecular weight excluding hydrogens is 502 g/mol. The first kappa shape index (κ1) is 29.8. The van der Waals surface area contributed by atoms with Crippen molar-refractivity contribution in [3.63, 3.8) is 0 Å². The van der Waals surface area contributed by atoms with Crippen LogP contribution in [0.15, 0.2) is 54.6 Å². The maximum absolute atomic E-state index is 13.5. The molecule has 0 radical (unpaired) electrons. The summed E-state index contributed by atoms with van der Waals surface area (Å²) in [7, 11) is -2.25. The Balaban J connectivity index is 2.33. The Bertz CT molecular complexity index is 1080. The van der Waals surface area contributed by atoms with Crippen molar-refractivity contribution in [3.8, 4) is 0 Å². The first-order valence-corrected chi connectivity index (χ1v) is 14.1. The van der Waals surface area contributed by atoms with Gasteiger partial charge in [-0.15, -0.1) is 0 Å². The van der Waals surface area contributed by atoms with Crippen molar-refractivity contribution in [2.24, 2.45) is 0 Å². The van der Waals surface area contributed by atoms with Crippen LogP contribution in [0.25, 0.3) is 0 Å². The number of halogens is 1. The Kier molecular flexibility index (Phi) is 11.8. The van der Waals surface area contributed by atoms with Gasteiger partial charge in [0.25, 0.3) is 0 Å². The predicted molar refractivity (Wildman–Crippen MR) is 142 cm³/mol. The van der Waals surface area contributed by atoms with Gasteiger partial charge in [-0.1, -0.05) is 54.1 Å². The number of nitrogens with zero attached hydrogens (tertiary/aromatic N) is 2. The lowest BCUT2D eigenvalue weighted by Crippen LogP contribution is -2.53. The molecule has 0 aromatic heterocycles. The number of likely N-dealkylation sites (N-methyl/N-ethyl adjacent to an activating group) is 1. The molecule has 198 valence electrons. The van der Waals surface area contributed by atoms with E-state index in [-0.39, 0.29) is 31.5 Å². The van der Waals surface area contributed by atoms with Gasteiger partial charge in [0.1, 0.15) is 6.04 Å². The van der Waals surface area contributed by atoms with Crippen molar-refractivity contribution in [3.05, 3.63) is 70.7 Å². The van der Waals surface area contributed by atoms with Gasteiger partial charge in [-0.3, -0.25) is 9.59 Å². The van der Waals surface area contributed by atoms with Crippen LogP contribution in [-0.2, 0) is 37.3 Å². The van der Waals surface area contributed by atoms with Crippen molar-refractivity contribution in [2.45, 2.75) is 45.4 Å². The summed E-state index contributed by atoms with van der Waals surface area (Å²) in [4.78, 5) is 28.3. The fourth-order valence-electron chi connectivity index (χ4n) is 3.46. The highest BCUT2D eigenvalue weighted by Gasteiger charge is 2.31. The Morgan fingerprint density at radius 3 is 2.25 bits per heavy atom. The number of hydrogen-bond acceptors (Lipinski definition) is 5. The van der Waals surface area contributed by atoms with E-state index in [2.05, 4.69) is 5.32 Å². The fourth-order valence-corrected chi connectivity index (χ4v) is 3.93. The average Bonchev–Trinajstić information content (AvgIpc) is 2.82. The lowest BCUT2D eigenvalue weighted by molar-refractivity contribution is -0.141. The Labute approximate surface area is 219 Å². The zero-order valence-corrected chi connectivity index (χ0v) is 22.9. The largest absolute Gasteiger partial charge is 0.379 e. The van der Waals surface area contributed by atoms with E-state index in [0.717, 1.165) is 21.7 Å². The highest BCUT2D eigenvalue weighted by atomic mass is 35.5. The van der Waals surface area contributed by atoms with Crippen LogP contribution in [0.1, 0.15) is 31.4 Å². The second kappa shape index (κ2) is 14.3. The van der Waals surface area contributed by atoms with Crippen LogP contribution in [0.5, 0.6) is 0 Å².